The lowest BCUT2D eigenvalue weighted by Crippen LogP contribution is -2.42. The fourth-order valence-corrected chi connectivity index (χ4v) is 3.85. The summed E-state index contributed by atoms with van der Waals surface area (Å²) < 4.78 is 1.67. The molecule has 1 aliphatic heterocycles. The zero-order chi connectivity index (χ0) is 17.2. The highest BCUT2D eigenvalue weighted by molar-refractivity contribution is 7.12. The van der Waals surface area contributed by atoms with E-state index in [2.05, 4.69) is 10.4 Å². The van der Waals surface area contributed by atoms with Gasteiger partial charge in [0.15, 0.2) is 0 Å². The van der Waals surface area contributed by atoms with Crippen LogP contribution in [0.4, 0.5) is 0 Å². The number of carbonyl (C=O) groups excluding carboxylic acids is 2. The van der Waals surface area contributed by atoms with Crippen molar-refractivity contribution >= 4 is 34.2 Å². The second-order valence-electron chi connectivity index (χ2n) is 6.12. The lowest BCUT2D eigenvalue weighted by atomic mass is 9.96. The van der Waals surface area contributed by atoms with Crippen LogP contribution in [-0.2, 0) is 4.79 Å². The summed E-state index contributed by atoms with van der Waals surface area (Å²) in [6, 6.07) is 11.4. The molecular weight excluding hydrogens is 336 g/mol. The van der Waals surface area contributed by atoms with Crippen LogP contribution in [0.15, 0.2) is 48.1 Å². The number of para-hydroxylation sites is 2. The Bertz CT molecular complexity index is 895. The standard InChI is InChI=1S/C18H18N4O2S/c23-17(20-22-12-19-14-4-1-2-5-15(14)22)13-7-9-21(10-8-13)18(24)16-6-3-11-25-16/h1-6,11-13H,7-10H2,(H,20,23). The van der Waals surface area contributed by atoms with Crippen molar-refractivity contribution in [3.63, 3.8) is 0 Å². The van der Waals surface area contributed by atoms with E-state index in [1.54, 1.807) is 11.0 Å². The minimum Gasteiger partial charge on any atom is -0.338 e. The highest BCUT2D eigenvalue weighted by Gasteiger charge is 2.28. The molecule has 128 valence electrons. The van der Waals surface area contributed by atoms with E-state index in [0.29, 0.717) is 25.9 Å². The van der Waals surface area contributed by atoms with Crippen LogP contribution in [0.1, 0.15) is 22.5 Å². The quantitative estimate of drug-likeness (QED) is 0.786. The third-order valence-electron chi connectivity index (χ3n) is 4.57. The lowest BCUT2D eigenvalue weighted by molar-refractivity contribution is -0.122. The van der Waals surface area contributed by atoms with E-state index in [1.165, 1.54) is 11.3 Å². The number of nitrogens with zero attached hydrogens (tertiary/aromatic N) is 3. The Morgan fingerprint density at radius 3 is 2.68 bits per heavy atom. The van der Waals surface area contributed by atoms with Gasteiger partial charge in [0.2, 0.25) is 5.91 Å². The number of aromatic nitrogens is 2. The van der Waals surface area contributed by atoms with Crippen LogP contribution in [0.3, 0.4) is 0 Å². The van der Waals surface area contributed by atoms with Crippen molar-refractivity contribution in [2.24, 2.45) is 5.92 Å². The molecule has 1 aliphatic rings. The Kier molecular flexibility index (Phi) is 4.23. The van der Waals surface area contributed by atoms with Gasteiger partial charge in [-0.25, -0.2) is 9.66 Å². The molecule has 1 N–H and O–H groups in total. The number of carbonyl (C=O) groups is 2. The molecule has 1 saturated heterocycles. The summed E-state index contributed by atoms with van der Waals surface area (Å²) in [7, 11) is 0. The van der Waals surface area contributed by atoms with Crippen LogP contribution >= 0.6 is 11.3 Å². The van der Waals surface area contributed by atoms with Gasteiger partial charge in [0, 0.05) is 19.0 Å². The highest BCUT2D eigenvalue weighted by Crippen LogP contribution is 2.21. The zero-order valence-corrected chi connectivity index (χ0v) is 14.4. The molecule has 1 fully saturated rings. The number of benzene rings is 1. The summed E-state index contributed by atoms with van der Waals surface area (Å²) in [4.78, 5) is 31.8. The molecular formula is C18H18N4O2S. The number of likely N-dealkylation sites (tertiary alicyclic amines) is 1. The first-order valence-electron chi connectivity index (χ1n) is 8.28. The Morgan fingerprint density at radius 1 is 1.12 bits per heavy atom. The van der Waals surface area contributed by atoms with E-state index in [0.717, 1.165) is 15.9 Å². The summed E-state index contributed by atoms with van der Waals surface area (Å²) in [5.41, 5.74) is 4.64. The molecule has 7 heteroatoms. The van der Waals surface area contributed by atoms with E-state index in [4.69, 9.17) is 0 Å². The Labute approximate surface area is 149 Å². The Balaban J connectivity index is 1.37. The van der Waals surface area contributed by atoms with Crippen molar-refractivity contribution < 1.29 is 9.59 Å². The number of thiophene rings is 1. The van der Waals surface area contributed by atoms with E-state index in [9.17, 15) is 9.59 Å². The number of imidazole rings is 1. The molecule has 3 heterocycles. The van der Waals surface area contributed by atoms with Gasteiger partial charge in [-0.05, 0) is 36.4 Å². The molecule has 2 amide bonds. The van der Waals surface area contributed by atoms with Crippen LogP contribution in [0.2, 0.25) is 0 Å². The molecule has 2 aromatic heterocycles. The second-order valence-corrected chi connectivity index (χ2v) is 7.07. The first-order chi connectivity index (χ1) is 12.2. The highest BCUT2D eigenvalue weighted by atomic mass is 32.1. The van der Waals surface area contributed by atoms with Crippen molar-refractivity contribution in [2.75, 3.05) is 18.5 Å². The van der Waals surface area contributed by atoms with Gasteiger partial charge in [-0.3, -0.25) is 15.0 Å². The maximum absolute atomic E-state index is 12.6. The Hall–Kier alpha value is -2.67. The third kappa shape index (κ3) is 3.15. The van der Waals surface area contributed by atoms with E-state index >= 15 is 0 Å². The molecule has 0 spiro atoms. The average Bonchev–Trinajstić information content (AvgIpc) is 3.32. The van der Waals surface area contributed by atoms with E-state index in [-0.39, 0.29) is 17.7 Å². The van der Waals surface area contributed by atoms with Crippen molar-refractivity contribution in [2.45, 2.75) is 12.8 Å². The second kappa shape index (κ2) is 6.68. The monoisotopic (exact) mass is 354 g/mol. The number of hydrogen-bond donors (Lipinski definition) is 1. The fraction of sp³-hybridized carbons (Fsp3) is 0.278. The van der Waals surface area contributed by atoms with Gasteiger partial charge < -0.3 is 4.90 Å². The zero-order valence-electron chi connectivity index (χ0n) is 13.6. The molecule has 0 atom stereocenters. The Morgan fingerprint density at radius 2 is 1.92 bits per heavy atom. The van der Waals surface area contributed by atoms with Gasteiger partial charge in [-0.15, -0.1) is 11.3 Å². The van der Waals surface area contributed by atoms with Crippen LogP contribution in [0.25, 0.3) is 11.0 Å². The fourth-order valence-electron chi connectivity index (χ4n) is 3.16. The molecule has 25 heavy (non-hydrogen) atoms. The predicted octanol–water partition coefficient (Wildman–Crippen LogP) is 2.72. The van der Waals surface area contributed by atoms with Crippen LogP contribution < -0.4 is 5.43 Å². The molecule has 6 nitrogen and oxygen atoms in total. The molecule has 3 aromatic rings. The topological polar surface area (TPSA) is 67.2 Å². The molecule has 0 unspecified atom stereocenters. The summed E-state index contributed by atoms with van der Waals surface area (Å²) in [5, 5.41) is 1.91. The number of piperidine rings is 1. The largest absolute Gasteiger partial charge is 0.338 e. The molecule has 0 saturated carbocycles. The summed E-state index contributed by atoms with van der Waals surface area (Å²) in [6.45, 7) is 1.22. The molecule has 0 bridgehead atoms. The van der Waals surface area contributed by atoms with Crippen molar-refractivity contribution in [1.82, 2.24) is 14.6 Å². The first kappa shape index (κ1) is 15.8. The van der Waals surface area contributed by atoms with Crippen LogP contribution in [0.5, 0.6) is 0 Å². The normalized spacial score (nSPS) is 15.4. The van der Waals surface area contributed by atoms with Gasteiger partial charge in [-0.1, -0.05) is 18.2 Å². The van der Waals surface area contributed by atoms with Gasteiger partial charge in [0.05, 0.1) is 15.9 Å². The number of fused-ring (bicyclic) bond motifs is 1. The van der Waals surface area contributed by atoms with Gasteiger partial charge in [-0.2, -0.15) is 0 Å². The lowest BCUT2D eigenvalue weighted by Gasteiger charge is -2.31. The number of rotatable bonds is 3. The summed E-state index contributed by atoms with van der Waals surface area (Å²) in [5.74, 6) is -0.0469. The minimum absolute atomic E-state index is 0.0219. The number of nitrogens with one attached hydrogen (secondary N) is 1. The van der Waals surface area contributed by atoms with Crippen molar-refractivity contribution in [3.8, 4) is 0 Å². The molecule has 1 aromatic carbocycles. The van der Waals surface area contributed by atoms with Crippen molar-refractivity contribution in [3.05, 3.63) is 53.0 Å². The minimum atomic E-state index is -0.0893. The maximum Gasteiger partial charge on any atom is 0.263 e. The first-order valence-corrected chi connectivity index (χ1v) is 9.16. The van der Waals surface area contributed by atoms with Gasteiger partial charge in [0.1, 0.15) is 6.33 Å². The number of amides is 2. The van der Waals surface area contributed by atoms with E-state index in [1.807, 2.05) is 46.7 Å². The van der Waals surface area contributed by atoms with Crippen molar-refractivity contribution in [1.29, 1.82) is 0 Å². The number of hydrogen-bond acceptors (Lipinski definition) is 4. The summed E-state index contributed by atoms with van der Waals surface area (Å²) >= 11 is 1.45. The van der Waals surface area contributed by atoms with E-state index < -0.39 is 0 Å². The molecule has 0 aliphatic carbocycles. The van der Waals surface area contributed by atoms with Gasteiger partial charge in [0.25, 0.3) is 5.91 Å². The van der Waals surface area contributed by atoms with Gasteiger partial charge >= 0.3 is 0 Å². The predicted molar refractivity (Wildman–Crippen MR) is 97.0 cm³/mol. The SMILES string of the molecule is O=C(Nn1cnc2ccccc21)C1CCN(C(=O)c2cccs2)CC1. The molecule has 0 radical (unpaired) electrons. The smallest absolute Gasteiger partial charge is 0.263 e. The third-order valence-corrected chi connectivity index (χ3v) is 5.43. The maximum atomic E-state index is 12.6. The molecule has 4 rings (SSSR count). The van der Waals surface area contributed by atoms with Crippen LogP contribution in [-0.4, -0.2) is 39.5 Å². The average molecular weight is 354 g/mol. The van der Waals surface area contributed by atoms with Crippen LogP contribution in [0, 0.1) is 5.92 Å². The summed E-state index contributed by atoms with van der Waals surface area (Å²) in [6.07, 6.45) is 2.98.